The number of fused-ring (bicyclic) bond motifs is 3. The molecule has 4 nitrogen and oxygen atoms in total. The van der Waals surface area contributed by atoms with Gasteiger partial charge in [0.2, 0.25) is 0 Å². The van der Waals surface area contributed by atoms with E-state index < -0.39 is 0 Å². The molecule has 0 saturated carbocycles. The molecule has 2 atom stereocenters. The van der Waals surface area contributed by atoms with Gasteiger partial charge in [0.1, 0.15) is 24.2 Å². The number of nitrogens with zero attached hydrogens (tertiary/aromatic N) is 2. The van der Waals surface area contributed by atoms with Crippen molar-refractivity contribution in [2.24, 2.45) is 15.4 Å². The van der Waals surface area contributed by atoms with Crippen LogP contribution in [0.15, 0.2) is 34.3 Å². The third-order valence-electron chi connectivity index (χ3n) is 4.32. The minimum Gasteiger partial charge on any atom is -0.478 e. The van der Waals surface area contributed by atoms with Crippen molar-refractivity contribution in [3.05, 3.63) is 35.4 Å². The molecule has 0 unspecified atom stereocenters. The fourth-order valence-electron chi connectivity index (χ4n) is 3.21. The van der Waals surface area contributed by atoms with Crippen LogP contribution in [0.5, 0.6) is 0 Å². The van der Waals surface area contributed by atoms with Crippen LogP contribution in [-0.4, -0.2) is 31.1 Å². The third-order valence-corrected chi connectivity index (χ3v) is 4.32. The van der Waals surface area contributed by atoms with Crippen LogP contribution in [0.25, 0.3) is 0 Å². The fraction of sp³-hybridized carbons (Fsp3) is 0.500. The molecule has 0 aromatic heterocycles. The number of hydrogen-bond acceptors (Lipinski definition) is 4. The number of benzene rings is 1. The molecule has 0 radical (unpaired) electrons. The maximum atomic E-state index is 6.13. The highest BCUT2D eigenvalue weighted by molar-refractivity contribution is 6.05. The lowest BCUT2D eigenvalue weighted by Crippen LogP contribution is -2.35. The van der Waals surface area contributed by atoms with Crippen LogP contribution in [0.2, 0.25) is 0 Å². The summed E-state index contributed by atoms with van der Waals surface area (Å²) >= 11 is 0. The first-order chi connectivity index (χ1) is 9.66. The van der Waals surface area contributed by atoms with Crippen LogP contribution >= 0.6 is 0 Å². The van der Waals surface area contributed by atoms with Gasteiger partial charge in [0.05, 0.1) is 6.54 Å². The highest BCUT2D eigenvalue weighted by Gasteiger charge is 2.46. The second kappa shape index (κ2) is 4.08. The lowest BCUT2D eigenvalue weighted by molar-refractivity contribution is 0.186. The molecule has 1 aliphatic carbocycles. The zero-order valence-corrected chi connectivity index (χ0v) is 11.8. The van der Waals surface area contributed by atoms with E-state index >= 15 is 0 Å². The summed E-state index contributed by atoms with van der Waals surface area (Å²) in [4.78, 5) is 9.27. The van der Waals surface area contributed by atoms with Gasteiger partial charge in [-0.2, -0.15) is 0 Å². The first-order valence-electron chi connectivity index (χ1n) is 7.17. The fourth-order valence-corrected chi connectivity index (χ4v) is 3.21. The second-order valence-electron chi connectivity index (χ2n) is 6.10. The summed E-state index contributed by atoms with van der Waals surface area (Å²) in [6, 6.07) is 8.62. The summed E-state index contributed by atoms with van der Waals surface area (Å²) in [5, 5.41) is 0. The van der Waals surface area contributed by atoms with Gasteiger partial charge in [-0.05, 0) is 25.0 Å². The second-order valence-corrected chi connectivity index (χ2v) is 6.10. The SMILES string of the molecule is CC(C)(C1=NCCO1)C1=N[C@H]2c3ccccc3C[C@H]2O1. The third kappa shape index (κ3) is 1.60. The first kappa shape index (κ1) is 11.9. The summed E-state index contributed by atoms with van der Waals surface area (Å²) < 4.78 is 11.7. The van der Waals surface area contributed by atoms with E-state index in [-0.39, 0.29) is 17.6 Å². The van der Waals surface area contributed by atoms with Crippen molar-refractivity contribution in [2.75, 3.05) is 13.2 Å². The van der Waals surface area contributed by atoms with Crippen molar-refractivity contribution in [3.8, 4) is 0 Å². The number of aliphatic imine (C=N–C) groups is 2. The number of ether oxygens (including phenoxy) is 2. The van der Waals surface area contributed by atoms with Gasteiger partial charge in [0, 0.05) is 6.42 Å². The van der Waals surface area contributed by atoms with E-state index in [1.165, 1.54) is 11.1 Å². The van der Waals surface area contributed by atoms with Gasteiger partial charge in [-0.25, -0.2) is 4.99 Å². The Kier molecular flexibility index (Phi) is 2.43. The summed E-state index contributed by atoms with van der Waals surface area (Å²) in [6.45, 7) is 5.55. The standard InChI is InChI=1S/C16H18N2O2/c1-16(2,14-17-7-8-19-14)15-18-13-11-6-4-3-5-10(11)9-12(13)20-15/h3-6,12-13H,7-9H2,1-2H3/t12-,13+/m1/s1. The van der Waals surface area contributed by atoms with E-state index in [9.17, 15) is 0 Å². The van der Waals surface area contributed by atoms with Crippen molar-refractivity contribution < 1.29 is 9.47 Å². The molecule has 2 heterocycles. The molecule has 104 valence electrons. The molecule has 2 aliphatic heterocycles. The molecule has 20 heavy (non-hydrogen) atoms. The monoisotopic (exact) mass is 270 g/mol. The van der Waals surface area contributed by atoms with Crippen LogP contribution in [0.3, 0.4) is 0 Å². The Morgan fingerprint density at radius 3 is 2.85 bits per heavy atom. The molecule has 0 bridgehead atoms. The van der Waals surface area contributed by atoms with E-state index in [0.29, 0.717) is 6.61 Å². The Morgan fingerprint density at radius 2 is 2.05 bits per heavy atom. The summed E-state index contributed by atoms with van der Waals surface area (Å²) in [5.41, 5.74) is 2.30. The van der Waals surface area contributed by atoms with Gasteiger partial charge in [0.25, 0.3) is 0 Å². The maximum Gasteiger partial charge on any atom is 0.199 e. The zero-order chi connectivity index (χ0) is 13.7. The average Bonchev–Trinajstić information content (AvgIpc) is 3.14. The van der Waals surface area contributed by atoms with Gasteiger partial charge in [-0.3, -0.25) is 4.99 Å². The van der Waals surface area contributed by atoms with Crippen LogP contribution in [0, 0.1) is 5.41 Å². The molecule has 1 aromatic carbocycles. The van der Waals surface area contributed by atoms with E-state index in [4.69, 9.17) is 14.5 Å². The number of hydrogen-bond donors (Lipinski definition) is 0. The van der Waals surface area contributed by atoms with Gasteiger partial charge >= 0.3 is 0 Å². The van der Waals surface area contributed by atoms with E-state index in [1.54, 1.807) is 0 Å². The van der Waals surface area contributed by atoms with Gasteiger partial charge in [-0.15, -0.1) is 0 Å². The Bertz CT molecular complexity index is 619. The molecule has 0 saturated heterocycles. The summed E-state index contributed by atoms with van der Waals surface area (Å²) in [5.74, 6) is 1.52. The van der Waals surface area contributed by atoms with Crippen molar-refractivity contribution in [2.45, 2.75) is 32.4 Å². The predicted molar refractivity (Wildman–Crippen MR) is 77.2 cm³/mol. The van der Waals surface area contributed by atoms with Crippen molar-refractivity contribution in [3.63, 3.8) is 0 Å². The maximum absolute atomic E-state index is 6.13. The lowest BCUT2D eigenvalue weighted by atomic mass is 9.93. The smallest absolute Gasteiger partial charge is 0.199 e. The van der Waals surface area contributed by atoms with Crippen molar-refractivity contribution >= 4 is 11.8 Å². The van der Waals surface area contributed by atoms with Crippen molar-refractivity contribution in [1.82, 2.24) is 0 Å². The first-order valence-corrected chi connectivity index (χ1v) is 7.17. The van der Waals surface area contributed by atoms with Crippen molar-refractivity contribution in [1.29, 1.82) is 0 Å². The predicted octanol–water partition coefficient (Wildman–Crippen LogP) is 2.54. The minimum atomic E-state index is -0.365. The molecule has 0 N–H and O–H groups in total. The number of rotatable bonds is 2. The van der Waals surface area contributed by atoms with Crippen LogP contribution in [0.1, 0.15) is 31.0 Å². The van der Waals surface area contributed by atoms with Crippen LogP contribution < -0.4 is 0 Å². The summed E-state index contributed by atoms with van der Waals surface area (Å²) in [6.07, 6.45) is 1.08. The highest BCUT2D eigenvalue weighted by Crippen LogP contribution is 2.43. The molecule has 4 heteroatoms. The van der Waals surface area contributed by atoms with E-state index in [1.807, 2.05) is 0 Å². The molecule has 0 fully saturated rings. The quantitative estimate of drug-likeness (QED) is 0.829. The normalized spacial score (nSPS) is 27.3. The highest BCUT2D eigenvalue weighted by atomic mass is 16.5. The Hall–Kier alpha value is -1.84. The molecular weight excluding hydrogens is 252 g/mol. The van der Waals surface area contributed by atoms with Gasteiger partial charge in [-0.1, -0.05) is 24.3 Å². The average molecular weight is 270 g/mol. The van der Waals surface area contributed by atoms with E-state index in [2.05, 4.69) is 43.1 Å². The molecule has 1 aromatic rings. The Labute approximate surface area is 118 Å². The Balaban J connectivity index is 1.67. The lowest BCUT2D eigenvalue weighted by Gasteiger charge is -2.24. The van der Waals surface area contributed by atoms with Gasteiger partial charge in [0.15, 0.2) is 11.8 Å². The van der Waals surface area contributed by atoms with E-state index in [0.717, 1.165) is 24.8 Å². The largest absolute Gasteiger partial charge is 0.478 e. The van der Waals surface area contributed by atoms with Crippen LogP contribution in [0.4, 0.5) is 0 Å². The Morgan fingerprint density at radius 1 is 1.20 bits per heavy atom. The molecule has 3 aliphatic rings. The molecular formula is C16H18N2O2. The van der Waals surface area contributed by atoms with Crippen LogP contribution in [-0.2, 0) is 15.9 Å². The topological polar surface area (TPSA) is 43.2 Å². The minimum absolute atomic E-state index is 0.141. The van der Waals surface area contributed by atoms with Gasteiger partial charge < -0.3 is 9.47 Å². The molecule has 4 rings (SSSR count). The molecule has 0 spiro atoms. The molecule has 0 amide bonds. The summed E-state index contributed by atoms with van der Waals surface area (Å²) in [7, 11) is 0. The zero-order valence-electron chi connectivity index (χ0n) is 11.8.